The first-order valence-corrected chi connectivity index (χ1v) is 4.47. The zero-order valence-electron chi connectivity index (χ0n) is 8.17. The lowest BCUT2D eigenvalue weighted by molar-refractivity contribution is -0.811. The molecular weight excluding hydrogens is 190 g/mol. The lowest BCUT2D eigenvalue weighted by Gasteiger charge is -2.39. The first-order chi connectivity index (χ1) is 6.44. The molecular formula is C7H13N3O4. The molecule has 1 aliphatic heterocycles. The molecule has 0 N–H and O–H groups in total. The molecule has 1 saturated heterocycles. The summed E-state index contributed by atoms with van der Waals surface area (Å²) in [6.45, 7) is 3.69. The van der Waals surface area contributed by atoms with Gasteiger partial charge in [0.25, 0.3) is 0 Å². The maximum Gasteiger partial charge on any atom is 0.482 e. The molecule has 1 heterocycles. The number of hydrogen-bond acceptors (Lipinski definition) is 5. The molecule has 0 saturated carbocycles. The molecule has 1 atom stereocenters. The van der Waals surface area contributed by atoms with Crippen molar-refractivity contribution in [3.8, 4) is 0 Å². The van der Waals surface area contributed by atoms with Crippen molar-refractivity contribution in [2.75, 3.05) is 13.1 Å². The second kappa shape index (κ2) is 3.49. The normalized spacial score (nSPS) is 22.4. The summed E-state index contributed by atoms with van der Waals surface area (Å²) in [5.41, 5.74) is -1.95. The molecule has 0 amide bonds. The lowest BCUT2D eigenvalue weighted by atomic mass is 9.98. The van der Waals surface area contributed by atoms with Crippen LogP contribution in [0.25, 0.3) is 0 Å². The van der Waals surface area contributed by atoms with E-state index in [0.717, 1.165) is 6.42 Å². The Hall–Kier alpha value is -1.24. The molecule has 1 unspecified atom stereocenters. The minimum Gasteiger partial charge on any atom is -0.274 e. The fourth-order valence-corrected chi connectivity index (χ4v) is 1.47. The quantitative estimate of drug-likeness (QED) is 0.373. The predicted molar refractivity (Wildman–Crippen MR) is 48.0 cm³/mol. The van der Waals surface area contributed by atoms with E-state index in [2.05, 4.69) is 0 Å². The molecule has 7 heteroatoms. The molecule has 0 radical (unpaired) electrons. The van der Waals surface area contributed by atoms with E-state index in [1.54, 1.807) is 4.90 Å². The van der Waals surface area contributed by atoms with Crippen molar-refractivity contribution in [1.29, 1.82) is 0 Å². The monoisotopic (exact) mass is 203 g/mol. The van der Waals surface area contributed by atoms with Crippen LogP contribution in [0.15, 0.2) is 0 Å². The highest BCUT2D eigenvalue weighted by Crippen LogP contribution is 2.27. The van der Waals surface area contributed by atoms with Gasteiger partial charge in [0, 0.05) is 6.04 Å². The van der Waals surface area contributed by atoms with Gasteiger partial charge in [0.1, 0.15) is 22.9 Å². The average Bonchev–Trinajstić information content (AvgIpc) is 2.00. The summed E-state index contributed by atoms with van der Waals surface area (Å²) in [6, 6.07) is 0.169. The Bertz CT molecular complexity index is 246. The number of rotatable bonds is 4. The van der Waals surface area contributed by atoms with E-state index in [9.17, 15) is 20.2 Å². The van der Waals surface area contributed by atoms with Crippen LogP contribution in [0.2, 0.25) is 0 Å². The zero-order chi connectivity index (χ0) is 10.9. The predicted octanol–water partition coefficient (Wildman–Crippen LogP) is 0.350. The largest absolute Gasteiger partial charge is 0.482 e. The summed E-state index contributed by atoms with van der Waals surface area (Å²) in [4.78, 5) is 21.3. The highest BCUT2D eigenvalue weighted by molar-refractivity contribution is 4.90. The molecule has 80 valence electrons. The summed E-state index contributed by atoms with van der Waals surface area (Å²) in [7, 11) is 0. The highest BCUT2D eigenvalue weighted by Gasteiger charge is 2.66. The first kappa shape index (κ1) is 10.8. The average molecular weight is 203 g/mol. The van der Waals surface area contributed by atoms with Crippen LogP contribution in [0.3, 0.4) is 0 Å². The third-order valence-electron chi connectivity index (χ3n) is 2.81. The Balaban J connectivity index is 2.65. The van der Waals surface area contributed by atoms with Gasteiger partial charge in [-0.2, -0.15) is 0 Å². The van der Waals surface area contributed by atoms with Gasteiger partial charge in [0.15, 0.2) is 0 Å². The molecule has 0 spiro atoms. The standard InChI is InChI=1S/C7H13N3O4/c1-3-6(2)8-4-7(5-8,9(11)12)10(13)14/h6H,3-5H2,1-2H3. The second-order valence-corrected chi connectivity index (χ2v) is 3.66. The van der Waals surface area contributed by atoms with Gasteiger partial charge in [-0.3, -0.25) is 25.1 Å². The molecule has 0 aliphatic carbocycles. The molecule has 1 rings (SSSR count). The summed E-state index contributed by atoms with van der Waals surface area (Å²) in [5, 5.41) is 21.1. The van der Waals surface area contributed by atoms with E-state index in [-0.39, 0.29) is 19.1 Å². The number of likely N-dealkylation sites (tertiary alicyclic amines) is 1. The van der Waals surface area contributed by atoms with Crippen molar-refractivity contribution < 1.29 is 9.85 Å². The van der Waals surface area contributed by atoms with Crippen LogP contribution in [0.5, 0.6) is 0 Å². The SMILES string of the molecule is CCC(C)N1CC([N+](=O)[O-])([N+](=O)[O-])C1. The van der Waals surface area contributed by atoms with Gasteiger partial charge in [0.05, 0.1) is 0 Å². The van der Waals surface area contributed by atoms with Crippen LogP contribution in [-0.4, -0.2) is 39.5 Å². The molecule has 0 bridgehead atoms. The zero-order valence-corrected chi connectivity index (χ0v) is 8.17. The minimum absolute atomic E-state index is 0.0813. The smallest absolute Gasteiger partial charge is 0.274 e. The van der Waals surface area contributed by atoms with Crippen LogP contribution in [-0.2, 0) is 0 Å². The Kier molecular flexibility index (Phi) is 2.70. The molecule has 0 aromatic rings. The minimum atomic E-state index is -1.95. The third kappa shape index (κ3) is 1.43. The van der Waals surface area contributed by atoms with E-state index >= 15 is 0 Å². The summed E-state index contributed by atoms with van der Waals surface area (Å²) < 4.78 is 0. The van der Waals surface area contributed by atoms with Crippen molar-refractivity contribution >= 4 is 0 Å². The highest BCUT2D eigenvalue weighted by atomic mass is 16.7. The van der Waals surface area contributed by atoms with Gasteiger partial charge in [-0.15, -0.1) is 0 Å². The Morgan fingerprint density at radius 3 is 2.07 bits per heavy atom. The van der Waals surface area contributed by atoms with Gasteiger partial charge in [0.2, 0.25) is 0 Å². The maximum atomic E-state index is 10.5. The van der Waals surface area contributed by atoms with Crippen molar-refractivity contribution in [3.63, 3.8) is 0 Å². The fourth-order valence-electron chi connectivity index (χ4n) is 1.47. The van der Waals surface area contributed by atoms with Crippen molar-refractivity contribution in [2.24, 2.45) is 0 Å². The molecule has 1 fully saturated rings. The van der Waals surface area contributed by atoms with Crippen LogP contribution in [0, 0.1) is 20.2 Å². The second-order valence-electron chi connectivity index (χ2n) is 3.66. The fraction of sp³-hybridized carbons (Fsp3) is 1.00. The van der Waals surface area contributed by atoms with Crippen molar-refractivity contribution in [1.82, 2.24) is 4.90 Å². The molecule has 1 aliphatic rings. The topological polar surface area (TPSA) is 89.5 Å². The van der Waals surface area contributed by atoms with Gasteiger partial charge >= 0.3 is 5.66 Å². The summed E-state index contributed by atoms with van der Waals surface area (Å²) in [5.74, 6) is 0. The van der Waals surface area contributed by atoms with E-state index in [1.165, 1.54) is 0 Å². The number of nitro groups is 2. The van der Waals surface area contributed by atoms with Crippen LogP contribution in [0.1, 0.15) is 20.3 Å². The van der Waals surface area contributed by atoms with E-state index in [1.807, 2.05) is 13.8 Å². The van der Waals surface area contributed by atoms with Crippen LogP contribution >= 0.6 is 0 Å². The van der Waals surface area contributed by atoms with Gasteiger partial charge in [-0.25, -0.2) is 0 Å². The van der Waals surface area contributed by atoms with Crippen molar-refractivity contribution in [3.05, 3.63) is 20.2 Å². The van der Waals surface area contributed by atoms with Gasteiger partial charge < -0.3 is 0 Å². The van der Waals surface area contributed by atoms with Crippen LogP contribution < -0.4 is 0 Å². The Morgan fingerprint density at radius 1 is 1.36 bits per heavy atom. The lowest BCUT2D eigenvalue weighted by Crippen LogP contribution is -2.71. The molecule has 7 nitrogen and oxygen atoms in total. The van der Waals surface area contributed by atoms with E-state index in [0.29, 0.717) is 0 Å². The number of hydrogen-bond donors (Lipinski definition) is 0. The Morgan fingerprint density at radius 2 is 1.79 bits per heavy atom. The summed E-state index contributed by atoms with van der Waals surface area (Å²) >= 11 is 0. The van der Waals surface area contributed by atoms with E-state index in [4.69, 9.17) is 0 Å². The maximum absolute atomic E-state index is 10.5. The van der Waals surface area contributed by atoms with Crippen molar-refractivity contribution in [2.45, 2.75) is 32.0 Å². The van der Waals surface area contributed by atoms with Crippen LogP contribution in [0.4, 0.5) is 0 Å². The van der Waals surface area contributed by atoms with Gasteiger partial charge in [-0.1, -0.05) is 6.92 Å². The first-order valence-electron chi connectivity index (χ1n) is 4.47. The third-order valence-corrected chi connectivity index (χ3v) is 2.81. The number of nitrogens with zero attached hydrogens (tertiary/aromatic N) is 3. The Labute approximate surface area is 81.0 Å². The molecule has 0 aromatic carbocycles. The molecule has 0 aromatic heterocycles. The van der Waals surface area contributed by atoms with E-state index < -0.39 is 15.5 Å². The molecule has 14 heavy (non-hydrogen) atoms. The summed E-state index contributed by atoms with van der Waals surface area (Å²) in [6.07, 6.45) is 0.839. The van der Waals surface area contributed by atoms with Gasteiger partial charge in [-0.05, 0) is 13.3 Å².